The van der Waals surface area contributed by atoms with Crippen molar-refractivity contribution in [3.05, 3.63) is 53.6 Å². The zero-order chi connectivity index (χ0) is 19.4. The lowest BCUT2D eigenvalue weighted by atomic mass is 10.0. The summed E-state index contributed by atoms with van der Waals surface area (Å²) >= 11 is 0. The van der Waals surface area contributed by atoms with Gasteiger partial charge in [0.2, 0.25) is 0 Å². The second kappa shape index (κ2) is 8.32. The summed E-state index contributed by atoms with van der Waals surface area (Å²) in [5, 5.41) is 13.1. The van der Waals surface area contributed by atoms with Gasteiger partial charge in [-0.3, -0.25) is 0 Å². The molecule has 0 spiro atoms. The third-order valence-corrected chi connectivity index (χ3v) is 5.05. The van der Waals surface area contributed by atoms with Crippen LogP contribution < -0.4 is 19.9 Å². The molecule has 1 saturated heterocycles. The van der Waals surface area contributed by atoms with E-state index in [9.17, 15) is 5.26 Å². The number of anilines is 2. The molecule has 2 atom stereocenters. The number of nitrogens with zero attached hydrogens (tertiary/aromatic N) is 3. The maximum Gasteiger partial charge on any atom is 0.119 e. The van der Waals surface area contributed by atoms with E-state index in [4.69, 9.17) is 4.74 Å². The second-order valence-electron chi connectivity index (χ2n) is 7.38. The van der Waals surface area contributed by atoms with Gasteiger partial charge in [0.25, 0.3) is 0 Å². The normalized spacial score (nSPS) is 19.4. The number of ether oxygens (including phenoxy) is 1. The van der Waals surface area contributed by atoms with Gasteiger partial charge in [-0.25, -0.2) is 0 Å². The van der Waals surface area contributed by atoms with Crippen LogP contribution in [0, 0.1) is 11.3 Å². The van der Waals surface area contributed by atoms with Crippen molar-refractivity contribution < 1.29 is 4.74 Å². The third-order valence-electron chi connectivity index (χ3n) is 5.05. The zero-order valence-corrected chi connectivity index (χ0v) is 16.6. The number of nitriles is 1. The minimum Gasteiger partial charge on any atom is -0.497 e. The Morgan fingerprint density at radius 3 is 2.41 bits per heavy atom. The minimum atomic E-state index is 0.454. The van der Waals surface area contributed by atoms with Gasteiger partial charge in [-0.2, -0.15) is 5.26 Å². The molecular formula is C22H28N4O. The summed E-state index contributed by atoms with van der Waals surface area (Å²) in [6.45, 7) is 7.06. The Morgan fingerprint density at radius 2 is 1.81 bits per heavy atom. The lowest BCUT2D eigenvalue weighted by molar-refractivity contribution is 0.407. The van der Waals surface area contributed by atoms with Crippen LogP contribution in [0.5, 0.6) is 5.75 Å². The van der Waals surface area contributed by atoms with E-state index in [1.165, 1.54) is 5.69 Å². The maximum absolute atomic E-state index is 9.55. The Kier molecular flexibility index (Phi) is 5.88. The molecule has 27 heavy (non-hydrogen) atoms. The molecule has 0 bridgehead atoms. The lowest BCUT2D eigenvalue weighted by Crippen LogP contribution is -2.54. The molecule has 142 valence electrons. The predicted molar refractivity (Wildman–Crippen MR) is 111 cm³/mol. The highest BCUT2D eigenvalue weighted by Gasteiger charge is 2.21. The molecule has 1 heterocycles. The highest BCUT2D eigenvalue weighted by Crippen LogP contribution is 2.25. The number of benzene rings is 2. The van der Waals surface area contributed by atoms with E-state index in [0.717, 1.165) is 35.7 Å². The van der Waals surface area contributed by atoms with E-state index in [1.54, 1.807) is 7.11 Å². The Morgan fingerprint density at radius 1 is 1.15 bits per heavy atom. The van der Waals surface area contributed by atoms with Gasteiger partial charge in [0.05, 0.1) is 18.7 Å². The van der Waals surface area contributed by atoms with Gasteiger partial charge in [-0.1, -0.05) is 0 Å². The fraction of sp³-hybridized carbons (Fsp3) is 0.409. The van der Waals surface area contributed by atoms with Crippen LogP contribution >= 0.6 is 0 Å². The molecule has 0 aromatic heterocycles. The third kappa shape index (κ3) is 4.53. The van der Waals surface area contributed by atoms with Crippen LogP contribution in [0.15, 0.2) is 42.5 Å². The van der Waals surface area contributed by atoms with Crippen LogP contribution in [0.2, 0.25) is 0 Å². The summed E-state index contributed by atoms with van der Waals surface area (Å²) in [6.07, 6.45) is 0. The first-order valence-corrected chi connectivity index (χ1v) is 9.39. The zero-order valence-electron chi connectivity index (χ0n) is 16.6. The average molecular weight is 364 g/mol. The largest absolute Gasteiger partial charge is 0.497 e. The molecule has 2 unspecified atom stereocenters. The summed E-state index contributed by atoms with van der Waals surface area (Å²) in [5.74, 6) is 0.841. The van der Waals surface area contributed by atoms with E-state index in [-0.39, 0.29) is 0 Å². The molecule has 0 aliphatic carbocycles. The van der Waals surface area contributed by atoms with Crippen molar-refractivity contribution in [2.75, 3.05) is 37.0 Å². The number of rotatable bonds is 5. The summed E-state index contributed by atoms with van der Waals surface area (Å²) in [5.41, 5.74) is 4.06. The van der Waals surface area contributed by atoms with Gasteiger partial charge < -0.3 is 19.9 Å². The van der Waals surface area contributed by atoms with E-state index in [0.29, 0.717) is 18.6 Å². The molecule has 5 heteroatoms. The molecule has 1 aliphatic rings. The average Bonchev–Trinajstić information content (AvgIpc) is 2.67. The first-order chi connectivity index (χ1) is 13.0. The molecule has 1 aliphatic heterocycles. The van der Waals surface area contributed by atoms with Crippen molar-refractivity contribution in [1.29, 1.82) is 5.26 Å². The van der Waals surface area contributed by atoms with Crippen LogP contribution in [0.3, 0.4) is 0 Å². The molecule has 2 aromatic carbocycles. The fourth-order valence-corrected chi connectivity index (χ4v) is 3.74. The fourth-order valence-electron chi connectivity index (χ4n) is 3.74. The van der Waals surface area contributed by atoms with Gasteiger partial charge in [0, 0.05) is 50.1 Å². The smallest absolute Gasteiger partial charge is 0.119 e. The molecule has 0 amide bonds. The highest BCUT2D eigenvalue weighted by molar-refractivity contribution is 5.56. The molecule has 2 aromatic rings. The number of hydrogen-bond donors (Lipinski definition) is 1. The highest BCUT2D eigenvalue weighted by atomic mass is 16.5. The molecule has 1 N–H and O–H groups in total. The Hall–Kier alpha value is -2.71. The second-order valence-corrected chi connectivity index (χ2v) is 7.38. The van der Waals surface area contributed by atoms with Crippen LogP contribution in [0.4, 0.5) is 11.4 Å². The van der Waals surface area contributed by atoms with Crippen LogP contribution in [-0.4, -0.2) is 39.3 Å². The Labute approximate surface area is 162 Å². The molecule has 3 rings (SSSR count). The standard InChI is InChI=1S/C22H28N4O/c1-16-13-26(14-17(2)24-16)21-6-5-18(12-23)19(11-21)15-25(3)20-7-9-22(27-4)10-8-20/h5-11,16-17,24H,13-15H2,1-4H3. The Bertz CT molecular complexity index is 802. The molecule has 0 radical (unpaired) electrons. The van der Waals surface area contributed by atoms with E-state index in [2.05, 4.69) is 47.2 Å². The topological polar surface area (TPSA) is 51.5 Å². The summed E-state index contributed by atoms with van der Waals surface area (Å²) in [4.78, 5) is 4.56. The monoisotopic (exact) mass is 364 g/mol. The van der Waals surface area contributed by atoms with Crippen molar-refractivity contribution in [2.45, 2.75) is 32.5 Å². The summed E-state index contributed by atoms with van der Waals surface area (Å²) in [6, 6.07) is 17.4. The number of hydrogen-bond acceptors (Lipinski definition) is 5. The Balaban J connectivity index is 1.82. The van der Waals surface area contributed by atoms with Crippen molar-refractivity contribution in [1.82, 2.24) is 5.32 Å². The molecule has 5 nitrogen and oxygen atoms in total. The van der Waals surface area contributed by atoms with Crippen LogP contribution in [0.1, 0.15) is 25.0 Å². The van der Waals surface area contributed by atoms with E-state index < -0.39 is 0 Å². The lowest BCUT2D eigenvalue weighted by Gasteiger charge is -2.38. The maximum atomic E-state index is 9.55. The van der Waals surface area contributed by atoms with Crippen molar-refractivity contribution in [2.24, 2.45) is 0 Å². The first-order valence-electron chi connectivity index (χ1n) is 9.39. The molecular weight excluding hydrogens is 336 g/mol. The van der Waals surface area contributed by atoms with E-state index >= 15 is 0 Å². The number of piperazine rings is 1. The summed E-state index contributed by atoms with van der Waals surface area (Å²) < 4.78 is 5.23. The molecule has 0 saturated carbocycles. The molecule has 1 fully saturated rings. The number of methoxy groups -OCH3 is 1. The van der Waals surface area contributed by atoms with Crippen molar-refractivity contribution in [3.8, 4) is 11.8 Å². The van der Waals surface area contributed by atoms with Gasteiger partial charge in [0.1, 0.15) is 5.75 Å². The van der Waals surface area contributed by atoms with Gasteiger partial charge in [0.15, 0.2) is 0 Å². The quantitative estimate of drug-likeness (QED) is 0.881. The minimum absolute atomic E-state index is 0.454. The van der Waals surface area contributed by atoms with Gasteiger partial charge in [-0.15, -0.1) is 0 Å². The van der Waals surface area contributed by atoms with Crippen LogP contribution in [-0.2, 0) is 6.54 Å². The first kappa shape index (κ1) is 19.1. The predicted octanol–water partition coefficient (Wildman–Crippen LogP) is 3.39. The van der Waals surface area contributed by atoms with Crippen LogP contribution in [0.25, 0.3) is 0 Å². The SMILES string of the molecule is COc1ccc(N(C)Cc2cc(N3CC(C)NC(C)C3)ccc2C#N)cc1. The van der Waals surface area contributed by atoms with Gasteiger partial charge in [-0.05, 0) is 61.9 Å². The summed E-state index contributed by atoms with van der Waals surface area (Å²) in [7, 11) is 3.71. The van der Waals surface area contributed by atoms with Crippen molar-refractivity contribution in [3.63, 3.8) is 0 Å². The van der Waals surface area contributed by atoms with Gasteiger partial charge >= 0.3 is 0 Å². The van der Waals surface area contributed by atoms with Crippen molar-refractivity contribution >= 4 is 11.4 Å². The van der Waals surface area contributed by atoms with E-state index in [1.807, 2.05) is 37.4 Å². The number of nitrogens with one attached hydrogen (secondary N) is 1.